The van der Waals surface area contributed by atoms with Gasteiger partial charge in [0.2, 0.25) is 0 Å². The van der Waals surface area contributed by atoms with Crippen LogP contribution in [0.2, 0.25) is 0 Å². The Kier molecular flexibility index (Phi) is 7.29. The van der Waals surface area contributed by atoms with Gasteiger partial charge in [0.25, 0.3) is 0 Å². The van der Waals surface area contributed by atoms with Gasteiger partial charge in [-0.15, -0.1) is 0 Å². The van der Waals surface area contributed by atoms with Crippen LogP contribution >= 0.6 is 0 Å². The second kappa shape index (κ2) is 5.76. The van der Waals surface area contributed by atoms with Crippen molar-refractivity contribution in [3.05, 3.63) is 0 Å². The van der Waals surface area contributed by atoms with E-state index in [-0.39, 0.29) is 50.2 Å². The van der Waals surface area contributed by atoms with E-state index >= 15 is 0 Å². The molecule has 10 heavy (non-hydrogen) atoms. The maximum absolute atomic E-state index is 9.92. The second-order valence-corrected chi connectivity index (χ2v) is 1.64. The summed E-state index contributed by atoms with van der Waals surface area (Å²) in [5.41, 5.74) is 4.93. The molecule has 0 aliphatic rings. The topological polar surface area (TPSA) is 90.4 Å². The van der Waals surface area contributed by atoms with Crippen molar-refractivity contribution < 1.29 is 9.90 Å². The fourth-order valence-corrected chi connectivity index (χ4v) is 0.288. The van der Waals surface area contributed by atoms with Gasteiger partial charge in [0.1, 0.15) is 6.54 Å². The van der Waals surface area contributed by atoms with E-state index in [0.717, 1.165) is 4.90 Å². The third-order valence-electron chi connectivity index (χ3n) is 0.784. The van der Waals surface area contributed by atoms with Gasteiger partial charge in [-0.3, -0.25) is 10.2 Å². The van der Waals surface area contributed by atoms with Crippen LogP contribution in [-0.2, 0) is 4.79 Å². The molecule has 0 aromatic heterocycles. The fraction of sp³-hybridized carbons (Fsp3) is 0.500. The second-order valence-electron chi connectivity index (χ2n) is 1.64. The Morgan fingerprint density at radius 1 is 1.80 bits per heavy atom. The number of rotatable bonds is 2. The molecule has 0 spiro atoms. The molecule has 4 N–H and O–H groups in total. The predicted molar refractivity (Wildman–Crippen MR) is 40.7 cm³/mol. The van der Waals surface area contributed by atoms with Gasteiger partial charge in [0.15, 0.2) is 5.96 Å². The Bertz CT molecular complexity index is 138. The molecular weight excluding hydrogens is 162 g/mol. The molecular formula is C4H11CaN3O2. The molecule has 0 atom stereocenters. The van der Waals surface area contributed by atoms with Crippen LogP contribution in [0.3, 0.4) is 0 Å². The molecule has 0 unspecified atom stereocenters. The number of guanidine groups is 1. The predicted octanol–water partition coefficient (Wildman–Crippen LogP) is -2.02. The summed E-state index contributed by atoms with van der Waals surface area (Å²) in [6.45, 7) is -0.227. The Labute approximate surface area is 88.7 Å². The fourth-order valence-electron chi connectivity index (χ4n) is 0.288. The number of aliphatic carboxylic acids is 1. The van der Waals surface area contributed by atoms with E-state index < -0.39 is 5.97 Å². The molecule has 0 aromatic carbocycles. The van der Waals surface area contributed by atoms with Crippen molar-refractivity contribution in [3.63, 3.8) is 0 Å². The number of nitrogens with one attached hydrogen (secondary N) is 1. The first-order valence-electron chi connectivity index (χ1n) is 2.31. The van der Waals surface area contributed by atoms with Gasteiger partial charge in [-0.25, -0.2) is 0 Å². The summed E-state index contributed by atoms with van der Waals surface area (Å²) in [4.78, 5) is 11.0. The van der Waals surface area contributed by atoms with Gasteiger partial charge in [-0.2, -0.15) is 0 Å². The Morgan fingerprint density at radius 2 is 2.20 bits per heavy atom. The number of carboxylic acid groups (broad SMARTS) is 1. The van der Waals surface area contributed by atoms with Crippen LogP contribution in [0.15, 0.2) is 0 Å². The monoisotopic (exact) mass is 173 g/mol. The van der Waals surface area contributed by atoms with E-state index in [4.69, 9.17) is 16.2 Å². The molecule has 0 amide bonds. The molecule has 5 nitrogen and oxygen atoms in total. The van der Waals surface area contributed by atoms with E-state index in [1.807, 2.05) is 0 Å². The number of hydrogen-bond acceptors (Lipinski definition) is 2. The van der Waals surface area contributed by atoms with E-state index in [1.54, 1.807) is 0 Å². The standard InChI is InChI=1S/C4H9N3O2.Ca.2H/c1-7(4(5)6)2-3(8)9;;;/h2H2,1H3,(H3,5,6)(H,8,9);;;. The number of nitrogens with zero attached hydrogens (tertiary/aromatic N) is 1. The van der Waals surface area contributed by atoms with E-state index in [9.17, 15) is 4.79 Å². The summed E-state index contributed by atoms with van der Waals surface area (Å²) in [5.74, 6) is -1.23. The average molecular weight is 173 g/mol. The zero-order valence-corrected chi connectivity index (χ0v) is 5.09. The Morgan fingerprint density at radius 3 is 2.30 bits per heavy atom. The zero-order chi connectivity index (χ0) is 7.44. The molecule has 0 fully saturated rings. The molecule has 0 aliphatic heterocycles. The zero-order valence-electron chi connectivity index (χ0n) is 5.09. The van der Waals surface area contributed by atoms with Crippen LogP contribution < -0.4 is 5.73 Å². The van der Waals surface area contributed by atoms with E-state index in [0.29, 0.717) is 0 Å². The van der Waals surface area contributed by atoms with Gasteiger partial charge in [0.05, 0.1) is 0 Å². The minimum absolute atomic E-state index is 0. The number of hydrogen-bond donors (Lipinski definition) is 3. The van der Waals surface area contributed by atoms with Crippen molar-refractivity contribution in [2.24, 2.45) is 5.73 Å². The third kappa shape index (κ3) is 6.12. The van der Waals surface area contributed by atoms with Crippen molar-refractivity contribution in [3.8, 4) is 0 Å². The van der Waals surface area contributed by atoms with Crippen LogP contribution in [0.25, 0.3) is 0 Å². The first-order valence-corrected chi connectivity index (χ1v) is 2.31. The van der Waals surface area contributed by atoms with Gasteiger partial charge in [-0.1, -0.05) is 0 Å². The van der Waals surface area contributed by atoms with Crippen LogP contribution in [0.4, 0.5) is 0 Å². The van der Waals surface area contributed by atoms with Crippen LogP contribution in [0, 0.1) is 5.41 Å². The van der Waals surface area contributed by atoms with Crippen LogP contribution in [0.1, 0.15) is 0 Å². The summed E-state index contributed by atoms with van der Waals surface area (Å²) in [5, 5.41) is 14.9. The first kappa shape index (κ1) is 12.7. The molecule has 0 bridgehead atoms. The average Bonchev–Trinajstić information content (AvgIpc) is 1.63. The summed E-state index contributed by atoms with van der Waals surface area (Å²) in [6, 6.07) is 0. The van der Waals surface area contributed by atoms with Crippen molar-refractivity contribution >= 4 is 49.7 Å². The quantitative estimate of drug-likeness (QED) is 0.255. The van der Waals surface area contributed by atoms with Gasteiger partial charge < -0.3 is 15.7 Å². The number of carboxylic acids is 1. The SMILES string of the molecule is CN(CC(=O)O)C(=N)N.[CaH2]. The minimum atomic E-state index is -0.993. The van der Waals surface area contributed by atoms with Crippen LogP contribution in [-0.4, -0.2) is 73.3 Å². The third-order valence-corrected chi connectivity index (χ3v) is 0.784. The molecule has 0 heterocycles. The van der Waals surface area contributed by atoms with Crippen molar-refractivity contribution in [2.75, 3.05) is 13.6 Å². The summed E-state index contributed by atoms with van der Waals surface area (Å²) < 4.78 is 0. The Balaban J connectivity index is 0. The maximum atomic E-state index is 9.92. The van der Waals surface area contributed by atoms with Crippen LogP contribution in [0.5, 0.6) is 0 Å². The molecule has 6 heteroatoms. The van der Waals surface area contributed by atoms with Crippen molar-refractivity contribution in [2.45, 2.75) is 0 Å². The molecule has 0 saturated heterocycles. The molecule has 0 rings (SSSR count). The summed E-state index contributed by atoms with van der Waals surface area (Å²) in [6.07, 6.45) is 0. The Hall–Kier alpha value is -0.000260. The number of likely N-dealkylation sites (N-methyl/N-ethyl adjacent to an activating group) is 1. The first-order chi connectivity index (χ1) is 4.04. The van der Waals surface area contributed by atoms with Crippen molar-refractivity contribution in [1.29, 1.82) is 5.41 Å². The molecule has 0 aromatic rings. The van der Waals surface area contributed by atoms with Gasteiger partial charge in [0, 0.05) is 7.05 Å². The van der Waals surface area contributed by atoms with Crippen molar-refractivity contribution in [1.82, 2.24) is 4.90 Å². The summed E-state index contributed by atoms with van der Waals surface area (Å²) in [7, 11) is 1.44. The molecule has 0 saturated carbocycles. The molecule has 56 valence electrons. The molecule has 0 aliphatic carbocycles. The van der Waals surface area contributed by atoms with E-state index in [1.165, 1.54) is 7.05 Å². The summed E-state index contributed by atoms with van der Waals surface area (Å²) >= 11 is 0. The number of carbonyl (C=O) groups is 1. The number of nitrogens with two attached hydrogens (primary N) is 1. The normalized spacial score (nSPS) is 7.70. The molecule has 0 radical (unpaired) electrons. The van der Waals surface area contributed by atoms with Gasteiger partial charge in [-0.05, 0) is 0 Å². The van der Waals surface area contributed by atoms with Gasteiger partial charge >= 0.3 is 43.7 Å². The van der Waals surface area contributed by atoms with E-state index in [2.05, 4.69) is 0 Å².